The largest absolute Gasteiger partial charge is 0.385 e. The minimum atomic E-state index is -0.956. The predicted molar refractivity (Wildman–Crippen MR) is 157 cm³/mol. The molecule has 2 N–H and O–H groups in total. The number of benzene rings is 3. The van der Waals surface area contributed by atoms with Crippen LogP contribution in [0.15, 0.2) is 72.8 Å². The second kappa shape index (κ2) is 11.6. The number of fused-ring (bicyclic) bond motifs is 1. The standard InChI is InChI=1S/C33H34N4O4/c38-30-14-13-29(31(39)35-30)37-32(40)27-12-11-25(21-28(27)33(37)41)34-17-5-7-22-6-4-10-26(20-22)36-18-15-24(16-19-36)23-8-2-1-3-9-23/h1-4,6,8-12,20-21,24,29,34H,5,7,13-19H2,(H,35,38,39). The van der Waals surface area contributed by atoms with Gasteiger partial charge in [0, 0.05) is 37.4 Å². The third kappa shape index (κ3) is 5.59. The molecule has 2 fully saturated rings. The molecule has 0 aromatic heterocycles. The summed E-state index contributed by atoms with van der Waals surface area (Å²) in [6, 6.07) is 23.8. The van der Waals surface area contributed by atoms with Crippen LogP contribution in [0.4, 0.5) is 11.4 Å². The van der Waals surface area contributed by atoms with Gasteiger partial charge in [-0.3, -0.25) is 29.4 Å². The van der Waals surface area contributed by atoms with E-state index in [1.165, 1.54) is 29.7 Å². The van der Waals surface area contributed by atoms with Gasteiger partial charge < -0.3 is 10.2 Å². The maximum Gasteiger partial charge on any atom is 0.262 e. The van der Waals surface area contributed by atoms with Gasteiger partial charge in [0.05, 0.1) is 11.1 Å². The SMILES string of the molecule is O=C1CCC(N2C(=O)c3ccc(NCCCc4cccc(N5CCC(c6ccccc6)CC5)c4)cc3C2=O)C(=O)N1. The lowest BCUT2D eigenvalue weighted by molar-refractivity contribution is -0.136. The molecule has 3 aliphatic heterocycles. The average Bonchev–Trinajstić information content (AvgIpc) is 3.25. The Bertz CT molecular complexity index is 1480. The van der Waals surface area contributed by atoms with Gasteiger partial charge in [-0.05, 0) is 79.5 Å². The molecule has 8 nitrogen and oxygen atoms in total. The van der Waals surface area contributed by atoms with Crippen LogP contribution in [0.1, 0.15) is 69.9 Å². The van der Waals surface area contributed by atoms with Crippen molar-refractivity contribution in [3.05, 3.63) is 95.1 Å². The van der Waals surface area contributed by atoms with E-state index in [4.69, 9.17) is 0 Å². The summed E-state index contributed by atoms with van der Waals surface area (Å²) in [6.45, 7) is 2.83. The summed E-state index contributed by atoms with van der Waals surface area (Å²) in [5, 5.41) is 5.60. The number of amides is 4. The average molecular weight is 551 g/mol. The summed E-state index contributed by atoms with van der Waals surface area (Å²) in [5.74, 6) is -1.34. The third-order valence-corrected chi connectivity index (χ3v) is 8.45. The number of aryl methyl sites for hydroxylation is 1. The van der Waals surface area contributed by atoms with E-state index in [1.54, 1.807) is 18.2 Å². The Kier molecular flexibility index (Phi) is 7.55. The van der Waals surface area contributed by atoms with Crippen LogP contribution in [-0.4, -0.2) is 54.2 Å². The van der Waals surface area contributed by atoms with E-state index < -0.39 is 23.8 Å². The lowest BCUT2D eigenvalue weighted by atomic mass is 9.89. The minimum Gasteiger partial charge on any atom is -0.385 e. The molecular formula is C33H34N4O4. The summed E-state index contributed by atoms with van der Waals surface area (Å²) in [4.78, 5) is 53.2. The van der Waals surface area contributed by atoms with Crippen molar-refractivity contribution in [2.24, 2.45) is 0 Å². The Morgan fingerprint density at radius 3 is 2.37 bits per heavy atom. The third-order valence-electron chi connectivity index (χ3n) is 8.45. The van der Waals surface area contributed by atoms with Crippen LogP contribution in [0.3, 0.4) is 0 Å². The van der Waals surface area contributed by atoms with Gasteiger partial charge in [0.2, 0.25) is 11.8 Å². The van der Waals surface area contributed by atoms with Crippen LogP contribution in [0.2, 0.25) is 0 Å². The molecular weight excluding hydrogens is 516 g/mol. The molecule has 4 amide bonds. The number of nitrogens with zero attached hydrogens (tertiary/aromatic N) is 2. The molecule has 3 aromatic rings. The number of piperidine rings is 2. The van der Waals surface area contributed by atoms with Gasteiger partial charge in [0.25, 0.3) is 11.8 Å². The monoisotopic (exact) mass is 550 g/mol. The Hall–Kier alpha value is -4.46. The van der Waals surface area contributed by atoms with Gasteiger partial charge in [-0.25, -0.2) is 0 Å². The Morgan fingerprint density at radius 1 is 0.805 bits per heavy atom. The number of carbonyl (C=O) groups is 4. The molecule has 210 valence electrons. The topological polar surface area (TPSA) is 98.8 Å². The Morgan fingerprint density at radius 2 is 1.59 bits per heavy atom. The molecule has 2 saturated heterocycles. The number of carbonyl (C=O) groups excluding carboxylic acids is 4. The van der Waals surface area contributed by atoms with Crippen LogP contribution in [0, 0.1) is 0 Å². The number of nitrogens with one attached hydrogen (secondary N) is 2. The van der Waals surface area contributed by atoms with Crippen LogP contribution < -0.4 is 15.5 Å². The first-order valence-corrected chi connectivity index (χ1v) is 14.5. The lowest BCUT2D eigenvalue weighted by Crippen LogP contribution is -2.54. The van der Waals surface area contributed by atoms with Crippen molar-refractivity contribution in [2.75, 3.05) is 29.9 Å². The maximum absolute atomic E-state index is 13.1. The first kappa shape index (κ1) is 26.7. The molecule has 0 spiro atoms. The molecule has 0 aliphatic carbocycles. The second-order valence-electron chi connectivity index (χ2n) is 11.1. The molecule has 6 rings (SSSR count). The molecule has 8 heteroatoms. The molecule has 3 heterocycles. The molecule has 0 saturated carbocycles. The van der Waals surface area contributed by atoms with Crippen molar-refractivity contribution in [3.8, 4) is 0 Å². The highest BCUT2D eigenvalue weighted by Crippen LogP contribution is 2.31. The van der Waals surface area contributed by atoms with Crippen LogP contribution >= 0.6 is 0 Å². The van der Waals surface area contributed by atoms with Crippen molar-refractivity contribution < 1.29 is 19.2 Å². The molecule has 0 bridgehead atoms. The quantitative estimate of drug-likeness (QED) is 0.316. The van der Waals surface area contributed by atoms with Gasteiger partial charge in [-0.1, -0.05) is 42.5 Å². The normalized spacial score (nSPS) is 19.4. The van der Waals surface area contributed by atoms with E-state index in [1.807, 2.05) is 0 Å². The Labute approximate surface area is 239 Å². The fourth-order valence-electron chi connectivity index (χ4n) is 6.21. The fourth-order valence-corrected chi connectivity index (χ4v) is 6.21. The zero-order valence-corrected chi connectivity index (χ0v) is 23.0. The van der Waals surface area contributed by atoms with E-state index in [9.17, 15) is 19.2 Å². The Balaban J connectivity index is 1.01. The van der Waals surface area contributed by atoms with Gasteiger partial charge in [0.1, 0.15) is 6.04 Å². The molecule has 0 radical (unpaired) electrons. The van der Waals surface area contributed by atoms with Crippen molar-refractivity contribution in [1.82, 2.24) is 10.2 Å². The van der Waals surface area contributed by atoms with Gasteiger partial charge >= 0.3 is 0 Å². The van der Waals surface area contributed by atoms with Crippen molar-refractivity contribution >= 4 is 35.0 Å². The first-order chi connectivity index (χ1) is 20.0. The number of hydrogen-bond donors (Lipinski definition) is 2. The molecule has 3 aliphatic rings. The van der Waals surface area contributed by atoms with Crippen LogP contribution in [0.25, 0.3) is 0 Å². The zero-order chi connectivity index (χ0) is 28.3. The molecule has 41 heavy (non-hydrogen) atoms. The van der Waals surface area contributed by atoms with E-state index >= 15 is 0 Å². The minimum absolute atomic E-state index is 0.103. The number of hydrogen-bond acceptors (Lipinski definition) is 6. The molecule has 1 atom stereocenters. The van der Waals surface area contributed by atoms with Gasteiger partial charge in [-0.2, -0.15) is 0 Å². The number of anilines is 2. The van der Waals surface area contributed by atoms with E-state index in [0.29, 0.717) is 12.5 Å². The van der Waals surface area contributed by atoms with Gasteiger partial charge in [0.15, 0.2) is 0 Å². The second-order valence-corrected chi connectivity index (χ2v) is 11.1. The van der Waals surface area contributed by atoms with Crippen LogP contribution in [-0.2, 0) is 16.0 Å². The summed E-state index contributed by atoms with van der Waals surface area (Å²) >= 11 is 0. The highest BCUT2D eigenvalue weighted by Gasteiger charge is 2.44. The van der Waals surface area contributed by atoms with E-state index in [-0.39, 0.29) is 29.9 Å². The fraction of sp³-hybridized carbons (Fsp3) is 0.333. The summed E-state index contributed by atoms with van der Waals surface area (Å²) in [6.07, 6.45) is 4.41. The van der Waals surface area contributed by atoms with Crippen LogP contribution in [0.5, 0.6) is 0 Å². The number of imide groups is 2. The zero-order valence-electron chi connectivity index (χ0n) is 23.0. The first-order valence-electron chi connectivity index (χ1n) is 14.5. The molecule has 1 unspecified atom stereocenters. The maximum atomic E-state index is 13.1. The van der Waals surface area contributed by atoms with E-state index in [2.05, 4.69) is 70.1 Å². The lowest BCUT2D eigenvalue weighted by Gasteiger charge is -2.34. The summed E-state index contributed by atoms with van der Waals surface area (Å²) in [7, 11) is 0. The number of rotatable bonds is 8. The van der Waals surface area contributed by atoms with E-state index in [0.717, 1.165) is 36.5 Å². The van der Waals surface area contributed by atoms with Crippen molar-refractivity contribution in [1.29, 1.82) is 0 Å². The highest BCUT2D eigenvalue weighted by atomic mass is 16.2. The predicted octanol–water partition coefficient (Wildman–Crippen LogP) is 4.52. The highest BCUT2D eigenvalue weighted by molar-refractivity contribution is 6.23. The van der Waals surface area contributed by atoms with Crippen molar-refractivity contribution in [2.45, 2.75) is 50.5 Å². The molecule has 3 aromatic carbocycles. The van der Waals surface area contributed by atoms with Gasteiger partial charge in [-0.15, -0.1) is 0 Å². The smallest absolute Gasteiger partial charge is 0.262 e. The summed E-state index contributed by atoms with van der Waals surface area (Å²) < 4.78 is 0. The van der Waals surface area contributed by atoms with Crippen molar-refractivity contribution in [3.63, 3.8) is 0 Å². The summed E-state index contributed by atoms with van der Waals surface area (Å²) in [5.41, 5.74) is 5.35.